The summed E-state index contributed by atoms with van der Waals surface area (Å²) in [4.78, 5) is 0. The second-order valence-corrected chi connectivity index (χ2v) is 16.2. The highest BCUT2D eigenvalue weighted by molar-refractivity contribution is 4.80. The molecule has 0 bridgehead atoms. The first kappa shape index (κ1) is 50.7. The molecule has 276 valence electrons. The van der Waals surface area contributed by atoms with Crippen molar-refractivity contribution in [2.24, 2.45) is 5.41 Å². The highest BCUT2D eigenvalue weighted by Gasteiger charge is 2.32. The van der Waals surface area contributed by atoms with Crippen LogP contribution in [0.2, 0.25) is 0 Å². The molecule has 0 aliphatic rings. The van der Waals surface area contributed by atoms with Crippen LogP contribution >= 0.6 is 0 Å². The lowest BCUT2D eigenvalue weighted by Gasteiger charge is -2.36. The Bertz CT molecular complexity index is 528. The molecule has 0 amide bonds. The average Bonchev–Trinajstić information content (AvgIpc) is 2.93. The van der Waals surface area contributed by atoms with Gasteiger partial charge in [0, 0.05) is 18.6 Å². The van der Waals surface area contributed by atoms with E-state index in [9.17, 15) is 0 Å². The molecule has 0 radical (unpaired) electrons. The molecule has 0 atom stereocenters. The zero-order valence-electron chi connectivity index (χ0n) is 32.2. The summed E-state index contributed by atoms with van der Waals surface area (Å²) in [6, 6.07) is 0. The van der Waals surface area contributed by atoms with Crippen LogP contribution in [0.1, 0.15) is 168 Å². The van der Waals surface area contributed by atoms with Gasteiger partial charge in [-0.25, -0.2) is 0 Å². The lowest BCUT2D eigenvalue weighted by molar-refractivity contribution is -0.871. The number of hydrogen-bond donors (Lipinski definition) is 0. The van der Waals surface area contributed by atoms with E-state index in [1.54, 1.807) is 0 Å². The van der Waals surface area contributed by atoms with E-state index >= 15 is 0 Å². The van der Waals surface area contributed by atoms with E-state index in [4.69, 9.17) is 9.47 Å². The fraction of sp³-hybridized carbons (Fsp3) is 1.00. The van der Waals surface area contributed by atoms with Crippen LogP contribution in [0.5, 0.6) is 0 Å². The van der Waals surface area contributed by atoms with Crippen LogP contribution in [0.25, 0.3) is 0 Å². The second-order valence-electron chi connectivity index (χ2n) is 16.2. The minimum Gasteiger partial charge on any atom is -1.00 e. The van der Waals surface area contributed by atoms with Crippen molar-refractivity contribution in [3.8, 4) is 0 Å². The van der Waals surface area contributed by atoms with Gasteiger partial charge in [0.05, 0.1) is 68.6 Å². The first-order valence-electron chi connectivity index (χ1n) is 19.3. The minimum atomic E-state index is 0. The van der Waals surface area contributed by atoms with Gasteiger partial charge in [-0.15, -0.1) is 0 Å². The standard InChI is InChI=1S/C39H84N2O2.2HI/c1-9-11-13-15-17-19-21-23-25-27-35-42-37-39(31-29-33-40(3,4)5,32-30-34-41(6,7)8)38-43-36-28-26-24-22-20-18-16-14-12-10-2;;/h9-38H2,1-8H3;2*1H/q+2;;/p-2. The number of unbranched alkanes of at least 4 members (excludes halogenated alkanes) is 18. The van der Waals surface area contributed by atoms with Crippen LogP contribution in [0.15, 0.2) is 0 Å². The van der Waals surface area contributed by atoms with Gasteiger partial charge in [0.1, 0.15) is 0 Å². The van der Waals surface area contributed by atoms with Crippen LogP contribution in [0.3, 0.4) is 0 Å². The van der Waals surface area contributed by atoms with Crippen molar-refractivity contribution < 1.29 is 66.4 Å². The van der Waals surface area contributed by atoms with Crippen molar-refractivity contribution in [3.05, 3.63) is 0 Å². The normalized spacial score (nSPS) is 12.3. The number of halogens is 2. The molecule has 0 unspecified atom stereocenters. The summed E-state index contributed by atoms with van der Waals surface area (Å²) in [6.07, 6.45) is 32.5. The van der Waals surface area contributed by atoms with Gasteiger partial charge in [-0.3, -0.25) is 0 Å². The predicted octanol–water partition coefficient (Wildman–Crippen LogP) is 4.83. The Morgan fingerprint density at radius 1 is 0.378 bits per heavy atom. The molecule has 0 saturated heterocycles. The van der Waals surface area contributed by atoms with Crippen LogP contribution in [0, 0.1) is 5.41 Å². The monoisotopic (exact) mass is 866 g/mol. The quantitative estimate of drug-likeness (QED) is 0.0525. The summed E-state index contributed by atoms with van der Waals surface area (Å²) < 4.78 is 15.1. The van der Waals surface area contributed by atoms with Crippen molar-refractivity contribution in [2.75, 3.05) is 81.8 Å². The van der Waals surface area contributed by atoms with Gasteiger partial charge in [0.15, 0.2) is 0 Å². The zero-order chi connectivity index (χ0) is 32.1. The van der Waals surface area contributed by atoms with Gasteiger partial charge in [-0.1, -0.05) is 129 Å². The summed E-state index contributed by atoms with van der Waals surface area (Å²) >= 11 is 0. The second kappa shape index (κ2) is 33.8. The van der Waals surface area contributed by atoms with Gasteiger partial charge in [-0.2, -0.15) is 0 Å². The van der Waals surface area contributed by atoms with E-state index in [2.05, 4.69) is 56.1 Å². The predicted molar refractivity (Wildman–Crippen MR) is 192 cm³/mol. The smallest absolute Gasteiger partial charge is 0.0780 e. The van der Waals surface area contributed by atoms with Crippen molar-refractivity contribution >= 4 is 0 Å². The molecule has 0 aliphatic carbocycles. The lowest BCUT2D eigenvalue weighted by Crippen LogP contribution is -3.00. The summed E-state index contributed by atoms with van der Waals surface area (Å²) in [5.74, 6) is 0. The Hall–Kier alpha value is 1.30. The first-order chi connectivity index (χ1) is 20.5. The fourth-order valence-corrected chi connectivity index (χ4v) is 6.27. The number of hydrogen-bond acceptors (Lipinski definition) is 2. The van der Waals surface area contributed by atoms with E-state index in [0.29, 0.717) is 0 Å². The lowest BCUT2D eigenvalue weighted by atomic mass is 9.80. The van der Waals surface area contributed by atoms with Crippen LogP contribution in [-0.2, 0) is 9.47 Å². The van der Waals surface area contributed by atoms with E-state index in [0.717, 1.165) is 35.4 Å². The topological polar surface area (TPSA) is 18.5 Å². The van der Waals surface area contributed by atoms with Gasteiger partial charge in [-0.05, 0) is 38.5 Å². The third kappa shape index (κ3) is 38.0. The Morgan fingerprint density at radius 2 is 0.644 bits per heavy atom. The van der Waals surface area contributed by atoms with E-state index in [1.165, 1.54) is 167 Å². The third-order valence-electron chi connectivity index (χ3n) is 9.17. The molecular weight excluding hydrogens is 782 g/mol. The summed E-state index contributed by atoms with van der Waals surface area (Å²) in [7, 11) is 13.9. The van der Waals surface area contributed by atoms with Gasteiger partial charge >= 0.3 is 0 Å². The zero-order valence-corrected chi connectivity index (χ0v) is 36.5. The SMILES string of the molecule is CCCCCCCCCCCCOCC(CCC[N+](C)(C)C)(CCC[N+](C)(C)C)COCCCCCCCCCCCC.[I-].[I-]. The van der Waals surface area contributed by atoms with Crippen molar-refractivity contribution in [2.45, 2.75) is 168 Å². The van der Waals surface area contributed by atoms with E-state index in [-0.39, 0.29) is 53.4 Å². The molecule has 0 N–H and O–H groups in total. The number of rotatable bonds is 34. The Kier molecular flexibility index (Phi) is 38.0. The summed E-state index contributed by atoms with van der Waals surface area (Å²) in [6.45, 7) is 10.6. The van der Waals surface area contributed by atoms with Crippen LogP contribution in [0.4, 0.5) is 0 Å². The number of quaternary nitrogens is 2. The maximum atomic E-state index is 6.50. The molecule has 0 aromatic rings. The average molecular weight is 867 g/mol. The van der Waals surface area contributed by atoms with Gasteiger partial charge < -0.3 is 66.4 Å². The molecule has 0 rings (SSSR count). The van der Waals surface area contributed by atoms with Crippen molar-refractivity contribution in [1.82, 2.24) is 0 Å². The molecule has 0 aliphatic heterocycles. The number of ether oxygens (including phenoxy) is 2. The van der Waals surface area contributed by atoms with Crippen LogP contribution in [-0.4, -0.2) is 90.8 Å². The summed E-state index contributed by atoms with van der Waals surface area (Å²) in [5.41, 5.74) is 0.154. The molecular formula is C39H84I2N2O2. The summed E-state index contributed by atoms with van der Waals surface area (Å²) in [5, 5.41) is 0. The molecule has 0 spiro atoms. The molecule has 4 nitrogen and oxygen atoms in total. The van der Waals surface area contributed by atoms with Crippen LogP contribution < -0.4 is 48.0 Å². The maximum absolute atomic E-state index is 6.50. The Balaban J connectivity index is -0.00000882. The molecule has 0 heterocycles. The van der Waals surface area contributed by atoms with Gasteiger partial charge in [0.25, 0.3) is 0 Å². The number of nitrogens with zero attached hydrogens (tertiary/aromatic N) is 2. The molecule has 0 saturated carbocycles. The molecule has 0 aromatic heterocycles. The highest BCUT2D eigenvalue weighted by atomic mass is 127. The molecule has 45 heavy (non-hydrogen) atoms. The first-order valence-corrected chi connectivity index (χ1v) is 19.3. The highest BCUT2D eigenvalue weighted by Crippen LogP contribution is 2.32. The molecule has 6 heteroatoms. The molecule has 0 aromatic carbocycles. The van der Waals surface area contributed by atoms with Gasteiger partial charge in [0.2, 0.25) is 0 Å². The molecule has 0 fully saturated rings. The van der Waals surface area contributed by atoms with E-state index in [1.807, 2.05) is 0 Å². The largest absolute Gasteiger partial charge is 1.00 e. The Morgan fingerprint density at radius 3 is 0.911 bits per heavy atom. The van der Waals surface area contributed by atoms with Crippen molar-refractivity contribution in [1.29, 1.82) is 0 Å². The fourth-order valence-electron chi connectivity index (χ4n) is 6.27. The van der Waals surface area contributed by atoms with Crippen molar-refractivity contribution in [3.63, 3.8) is 0 Å². The minimum absolute atomic E-state index is 0. The maximum Gasteiger partial charge on any atom is 0.0780 e. The van der Waals surface area contributed by atoms with E-state index < -0.39 is 0 Å². The Labute approximate surface area is 319 Å². The third-order valence-corrected chi connectivity index (χ3v) is 9.17.